The first kappa shape index (κ1) is 16.7. The molecule has 0 saturated carbocycles. The minimum Gasteiger partial charge on any atom is -0.854 e. The summed E-state index contributed by atoms with van der Waals surface area (Å²) in [5.74, 6) is 0. The van der Waals surface area contributed by atoms with Crippen LogP contribution in [-0.4, -0.2) is 0 Å². The quantitative estimate of drug-likeness (QED) is 0.315. The Hall–Kier alpha value is 1.24. The molecule has 0 amide bonds. The van der Waals surface area contributed by atoms with Gasteiger partial charge in [-0.15, -0.1) is 0 Å². The zero-order chi connectivity index (χ0) is 7.15. The van der Waals surface area contributed by atoms with Gasteiger partial charge >= 0.3 is 0 Å². The Balaban J connectivity index is -0.0000000720. The molecule has 0 aliphatic carbocycles. The second-order valence-corrected chi connectivity index (χ2v) is 1.34. The average molecular weight is 261 g/mol. The number of rotatable bonds is 0. The van der Waals surface area contributed by atoms with E-state index in [0.717, 1.165) is 0 Å². The van der Waals surface area contributed by atoms with Gasteiger partial charge in [0.1, 0.15) is 0 Å². The summed E-state index contributed by atoms with van der Waals surface area (Å²) in [6.45, 7) is 0. The molecule has 9 heavy (non-hydrogen) atoms. The maximum atomic E-state index is 8.48. The van der Waals surface area contributed by atoms with Crippen molar-refractivity contribution >= 4 is 17.2 Å². The third-order valence-electron chi connectivity index (χ3n) is 0. The van der Waals surface area contributed by atoms with E-state index in [1.165, 1.54) is 0 Å². The summed E-state index contributed by atoms with van der Waals surface area (Å²) in [7, 11) is -6.74. The normalized spacial score (nSPS) is 8.00. The molecule has 0 aromatic heterocycles. The molecule has 0 rings (SSSR count). The molecule has 0 N–H and O–H groups in total. The van der Waals surface area contributed by atoms with Crippen LogP contribution in [0.3, 0.4) is 0 Å². The molecule has 0 atom stereocenters. The second-order valence-electron chi connectivity index (χ2n) is 0.447. The number of hydrogen-bond acceptors (Lipinski definition) is 6. The van der Waals surface area contributed by atoms with Crippen LogP contribution in [0.25, 0.3) is 0 Å². The van der Waals surface area contributed by atoms with E-state index in [-0.39, 0.29) is 19.5 Å². The van der Waals surface area contributed by atoms with Crippen molar-refractivity contribution in [3.63, 3.8) is 0 Å². The molecule has 0 bridgehead atoms. The Kier molecular flexibility index (Phi) is 22.2. The minimum atomic E-state index is -3.37. The molecule has 0 spiro atoms. The van der Waals surface area contributed by atoms with E-state index >= 15 is 0 Å². The summed E-state index contributed by atoms with van der Waals surface area (Å²) in [4.78, 5) is 50.9. The summed E-state index contributed by atoms with van der Waals surface area (Å²) in [5, 5.41) is 0. The fourth-order valence-corrected chi connectivity index (χ4v) is 0. The van der Waals surface area contributed by atoms with Gasteiger partial charge in [0.05, 0.1) is 0 Å². The first-order chi connectivity index (χ1) is 3.46. The fraction of sp³-hybridized carbons (Fsp3) is 0. The van der Waals surface area contributed by atoms with E-state index in [2.05, 4.69) is 0 Å². The molecule has 61 valence electrons. The Morgan fingerprint density at radius 2 is 0.556 bits per heavy atom. The van der Waals surface area contributed by atoms with Crippen LogP contribution in [0.15, 0.2) is 0 Å². The maximum absolute atomic E-state index is 8.48. The topological polar surface area (TPSA) is 138 Å². The molecule has 1 radical (unpaired) electrons. The largest absolute Gasteiger partial charge is 0.854 e. The van der Waals surface area contributed by atoms with E-state index < -0.39 is 17.2 Å². The van der Waals surface area contributed by atoms with Gasteiger partial charge < -0.3 is 46.6 Å². The molecule has 0 fully saturated rings. The fourth-order valence-electron chi connectivity index (χ4n) is 0. The summed E-state index contributed by atoms with van der Waals surface area (Å²) < 4.78 is 0. The minimum absolute atomic E-state index is 0. The Morgan fingerprint density at radius 3 is 0.556 bits per heavy atom. The summed E-state index contributed by atoms with van der Waals surface area (Å²) in [6.07, 6.45) is 0. The third kappa shape index (κ3) is 314. The van der Waals surface area contributed by atoms with E-state index in [0.29, 0.717) is 0 Å². The first-order valence-electron chi connectivity index (χ1n) is 1.10. The molecule has 6 nitrogen and oxygen atoms in total. The van der Waals surface area contributed by atoms with Gasteiger partial charge in [-0.1, -0.05) is 0 Å². The van der Waals surface area contributed by atoms with Gasteiger partial charge in [0, 0.05) is 19.5 Å². The molecule has 0 aliphatic heterocycles. The van der Waals surface area contributed by atoms with Gasteiger partial charge in [0.25, 0.3) is 0 Å². The predicted molar refractivity (Wildman–Crippen MR) is 13.8 cm³/mol. The molecule has 0 aromatic carbocycles. The van der Waals surface area contributed by atoms with Crippen molar-refractivity contribution in [2.24, 2.45) is 0 Å². The van der Waals surface area contributed by atoms with Gasteiger partial charge in [-0.25, -0.2) is 0 Å². The zero-order valence-corrected chi connectivity index (χ0v) is 7.10. The van der Waals surface area contributed by atoms with Crippen molar-refractivity contribution < 1.29 is 48.8 Å². The standard InChI is InChI=1S/2O3P.Rh/c2*1-4(2)3;/q2*-3;. The molecule has 0 aromatic rings. The van der Waals surface area contributed by atoms with Crippen LogP contribution in [0.2, 0.25) is 0 Å². The van der Waals surface area contributed by atoms with Crippen molar-refractivity contribution in [3.05, 3.63) is 0 Å². The first-order valence-corrected chi connectivity index (χ1v) is 3.29. The molecule has 9 heteroatoms. The van der Waals surface area contributed by atoms with Crippen LogP contribution in [-0.2, 0) is 19.5 Å². The zero-order valence-electron chi connectivity index (χ0n) is 3.68. The average Bonchev–Trinajstić information content (AvgIpc) is 1.25. The molecule has 0 unspecified atom stereocenters. The van der Waals surface area contributed by atoms with Crippen molar-refractivity contribution in [3.8, 4) is 0 Å². The molecule has 0 heterocycles. The van der Waals surface area contributed by atoms with Crippen molar-refractivity contribution in [1.29, 1.82) is 0 Å². The molecule has 0 aliphatic rings. The van der Waals surface area contributed by atoms with Gasteiger partial charge in [-0.3, -0.25) is 0 Å². The SMILES string of the molecule is [O-]P([O-])[O-].[O-]P([O-])[O-].[Rh]. The van der Waals surface area contributed by atoms with Crippen LogP contribution in [0.5, 0.6) is 0 Å². The van der Waals surface area contributed by atoms with Gasteiger partial charge in [-0.2, -0.15) is 0 Å². The Bertz CT molecular complexity index is 26.5. The van der Waals surface area contributed by atoms with Crippen LogP contribution < -0.4 is 29.4 Å². The molecule has 0 saturated heterocycles. The van der Waals surface area contributed by atoms with Crippen LogP contribution in [0.4, 0.5) is 0 Å². The molecular weight excluding hydrogens is 261 g/mol. The van der Waals surface area contributed by atoms with E-state index in [9.17, 15) is 0 Å². The Labute approximate surface area is 66.5 Å². The van der Waals surface area contributed by atoms with E-state index in [4.69, 9.17) is 29.4 Å². The second kappa shape index (κ2) is 12.0. The van der Waals surface area contributed by atoms with Crippen LogP contribution in [0, 0.1) is 0 Å². The molecular formula is O6P2Rh-6. The van der Waals surface area contributed by atoms with Crippen molar-refractivity contribution in [2.75, 3.05) is 0 Å². The predicted octanol–water partition coefficient (Wildman–Crippen LogP) is -5.41. The van der Waals surface area contributed by atoms with Crippen LogP contribution >= 0.6 is 17.2 Å². The summed E-state index contributed by atoms with van der Waals surface area (Å²) >= 11 is 0. The van der Waals surface area contributed by atoms with Crippen molar-refractivity contribution in [2.45, 2.75) is 0 Å². The van der Waals surface area contributed by atoms with E-state index in [1.807, 2.05) is 0 Å². The third-order valence-corrected chi connectivity index (χ3v) is 0. The number of hydrogen-bond donors (Lipinski definition) is 0. The summed E-state index contributed by atoms with van der Waals surface area (Å²) in [6, 6.07) is 0. The Morgan fingerprint density at radius 1 is 0.556 bits per heavy atom. The van der Waals surface area contributed by atoms with Gasteiger partial charge in [-0.05, 0) is 0 Å². The maximum Gasteiger partial charge on any atom is 0 e. The van der Waals surface area contributed by atoms with Crippen LogP contribution in [0.1, 0.15) is 0 Å². The smallest absolute Gasteiger partial charge is 0 e. The van der Waals surface area contributed by atoms with E-state index in [1.54, 1.807) is 0 Å². The monoisotopic (exact) mass is 261 g/mol. The van der Waals surface area contributed by atoms with Gasteiger partial charge in [0.2, 0.25) is 0 Å². The van der Waals surface area contributed by atoms with Gasteiger partial charge in [0.15, 0.2) is 0 Å². The summed E-state index contributed by atoms with van der Waals surface area (Å²) in [5.41, 5.74) is 0. The van der Waals surface area contributed by atoms with Crippen molar-refractivity contribution in [1.82, 2.24) is 0 Å².